The van der Waals surface area contributed by atoms with Crippen LogP contribution in [0, 0.1) is 13.8 Å². The molecule has 0 bridgehead atoms. The molecule has 1 amide bonds. The van der Waals surface area contributed by atoms with Crippen LogP contribution in [-0.4, -0.2) is 36.2 Å². The number of nitrogens with zero attached hydrogens (tertiary/aromatic N) is 1. The maximum absolute atomic E-state index is 12.4. The first-order valence-electron chi connectivity index (χ1n) is 9.62. The highest BCUT2D eigenvalue weighted by atomic mass is 32.1. The van der Waals surface area contributed by atoms with Gasteiger partial charge in [0, 0.05) is 34.7 Å². The normalized spacial score (nSPS) is 12.2. The van der Waals surface area contributed by atoms with Crippen LogP contribution in [0.15, 0.2) is 36.4 Å². The molecule has 0 aliphatic carbocycles. The zero-order valence-electron chi connectivity index (χ0n) is 16.7. The average Bonchev–Trinajstić information content (AvgIpc) is 3.02. The summed E-state index contributed by atoms with van der Waals surface area (Å²) in [5.74, 6) is -0.0172. The van der Waals surface area contributed by atoms with Gasteiger partial charge in [0.1, 0.15) is 0 Å². The van der Waals surface area contributed by atoms with Gasteiger partial charge in [0.05, 0.1) is 6.04 Å². The van der Waals surface area contributed by atoms with E-state index >= 15 is 0 Å². The van der Waals surface area contributed by atoms with Crippen LogP contribution >= 0.6 is 11.3 Å². The number of nitrogens with one attached hydrogen (secondary N) is 1. The van der Waals surface area contributed by atoms with Gasteiger partial charge in [-0.3, -0.25) is 14.5 Å². The standard InChI is InChI=1S/C22H30N2O2S/c1-5-24(6-2)20(18-10-8-7-9-11-18)15-23-22(26)13-12-21(25)19-14-16(3)27-17(19)4/h7-11,14,20H,5-6,12-13,15H2,1-4H3,(H,23,26). The number of aryl methyl sites for hydroxylation is 2. The fourth-order valence-corrected chi connectivity index (χ4v) is 4.31. The highest BCUT2D eigenvalue weighted by Gasteiger charge is 2.19. The van der Waals surface area contributed by atoms with Gasteiger partial charge >= 0.3 is 0 Å². The lowest BCUT2D eigenvalue weighted by Gasteiger charge is -2.30. The minimum atomic E-state index is -0.0685. The zero-order valence-corrected chi connectivity index (χ0v) is 17.6. The third kappa shape index (κ3) is 6.01. The lowest BCUT2D eigenvalue weighted by Crippen LogP contribution is -2.38. The summed E-state index contributed by atoms with van der Waals surface area (Å²) in [5.41, 5.74) is 1.96. The predicted molar refractivity (Wildman–Crippen MR) is 112 cm³/mol. The molecule has 5 heteroatoms. The molecule has 1 N–H and O–H groups in total. The number of carbonyl (C=O) groups excluding carboxylic acids is 2. The average molecular weight is 387 g/mol. The Hall–Kier alpha value is -1.98. The highest BCUT2D eigenvalue weighted by molar-refractivity contribution is 7.12. The third-order valence-electron chi connectivity index (χ3n) is 4.85. The van der Waals surface area contributed by atoms with Crippen molar-refractivity contribution in [2.24, 2.45) is 0 Å². The Kier molecular flexibility index (Phi) is 8.20. The molecule has 1 heterocycles. The van der Waals surface area contributed by atoms with Crippen molar-refractivity contribution in [1.82, 2.24) is 10.2 Å². The quantitative estimate of drug-likeness (QED) is 0.611. The van der Waals surface area contributed by atoms with Gasteiger partial charge in [-0.05, 0) is 38.6 Å². The summed E-state index contributed by atoms with van der Waals surface area (Å²) in [6, 6.07) is 12.3. The number of hydrogen-bond acceptors (Lipinski definition) is 4. The number of hydrogen-bond donors (Lipinski definition) is 1. The molecule has 0 fully saturated rings. The molecule has 1 atom stereocenters. The fraction of sp³-hybridized carbons (Fsp3) is 0.455. The summed E-state index contributed by atoms with van der Waals surface area (Å²) in [6.45, 7) is 10.6. The van der Waals surface area contributed by atoms with Gasteiger partial charge in [0.15, 0.2) is 5.78 Å². The van der Waals surface area contributed by atoms with E-state index in [-0.39, 0.29) is 30.6 Å². The SMILES string of the molecule is CCN(CC)C(CNC(=O)CCC(=O)c1cc(C)sc1C)c1ccccc1. The zero-order chi connectivity index (χ0) is 19.8. The second-order valence-electron chi connectivity index (χ2n) is 6.70. The van der Waals surface area contributed by atoms with Crippen LogP contribution in [0.5, 0.6) is 0 Å². The lowest BCUT2D eigenvalue weighted by molar-refractivity contribution is -0.121. The number of carbonyl (C=O) groups is 2. The van der Waals surface area contributed by atoms with Crippen molar-refractivity contribution >= 4 is 23.0 Å². The van der Waals surface area contributed by atoms with E-state index < -0.39 is 0 Å². The van der Waals surface area contributed by atoms with Gasteiger partial charge in [-0.15, -0.1) is 11.3 Å². The number of amides is 1. The minimum Gasteiger partial charge on any atom is -0.354 e. The van der Waals surface area contributed by atoms with Crippen molar-refractivity contribution in [3.05, 3.63) is 57.3 Å². The summed E-state index contributed by atoms with van der Waals surface area (Å²) < 4.78 is 0. The maximum Gasteiger partial charge on any atom is 0.220 e. The van der Waals surface area contributed by atoms with Crippen molar-refractivity contribution in [3.8, 4) is 0 Å². The van der Waals surface area contributed by atoms with Gasteiger partial charge in [0.2, 0.25) is 5.91 Å². The summed E-state index contributed by atoms with van der Waals surface area (Å²) in [5, 5.41) is 3.03. The van der Waals surface area contributed by atoms with Crippen LogP contribution in [0.25, 0.3) is 0 Å². The first kappa shape index (κ1) is 21.3. The molecule has 2 aromatic rings. The Labute approximate surface area is 166 Å². The topological polar surface area (TPSA) is 49.4 Å². The Morgan fingerprint density at radius 3 is 2.30 bits per heavy atom. The van der Waals surface area contributed by atoms with Crippen LogP contribution in [0.3, 0.4) is 0 Å². The van der Waals surface area contributed by atoms with Crippen molar-refractivity contribution in [3.63, 3.8) is 0 Å². The first-order chi connectivity index (χ1) is 13.0. The van der Waals surface area contributed by atoms with E-state index in [4.69, 9.17) is 0 Å². The molecule has 0 saturated carbocycles. The number of benzene rings is 1. The van der Waals surface area contributed by atoms with Crippen molar-refractivity contribution < 1.29 is 9.59 Å². The predicted octanol–water partition coefficient (Wildman–Crippen LogP) is 4.53. The van der Waals surface area contributed by atoms with Gasteiger partial charge in [-0.2, -0.15) is 0 Å². The molecule has 1 aromatic carbocycles. The lowest BCUT2D eigenvalue weighted by atomic mass is 10.0. The van der Waals surface area contributed by atoms with Gasteiger partial charge < -0.3 is 5.32 Å². The smallest absolute Gasteiger partial charge is 0.220 e. The number of rotatable bonds is 10. The summed E-state index contributed by atoms with van der Waals surface area (Å²) in [7, 11) is 0. The molecule has 2 rings (SSSR count). The Morgan fingerprint density at radius 2 is 1.74 bits per heavy atom. The molecule has 146 valence electrons. The molecule has 0 saturated heterocycles. The molecular weight excluding hydrogens is 356 g/mol. The van der Waals surface area contributed by atoms with Gasteiger partial charge in [-0.25, -0.2) is 0 Å². The largest absolute Gasteiger partial charge is 0.354 e. The van der Waals surface area contributed by atoms with Gasteiger partial charge in [-0.1, -0.05) is 44.2 Å². The molecular formula is C22H30N2O2S. The molecule has 0 aliphatic heterocycles. The number of likely N-dealkylation sites (N-methyl/N-ethyl adjacent to an activating group) is 1. The summed E-state index contributed by atoms with van der Waals surface area (Å²) in [4.78, 5) is 29.2. The Bertz CT molecular complexity index is 751. The number of Topliss-reactive ketones (excluding diaryl/α,β-unsaturated/α-hetero) is 1. The second kappa shape index (κ2) is 10.4. The monoisotopic (exact) mass is 386 g/mol. The molecule has 1 unspecified atom stereocenters. The Morgan fingerprint density at radius 1 is 1.07 bits per heavy atom. The second-order valence-corrected chi connectivity index (χ2v) is 8.16. The molecule has 27 heavy (non-hydrogen) atoms. The Balaban J connectivity index is 1.91. The van der Waals surface area contributed by atoms with Crippen LogP contribution in [0.1, 0.15) is 58.4 Å². The highest BCUT2D eigenvalue weighted by Crippen LogP contribution is 2.22. The van der Waals surface area contributed by atoms with Crippen LogP contribution < -0.4 is 5.32 Å². The summed E-state index contributed by atoms with van der Waals surface area (Å²) >= 11 is 1.62. The maximum atomic E-state index is 12.4. The molecule has 0 aliphatic rings. The first-order valence-corrected chi connectivity index (χ1v) is 10.4. The van der Waals surface area contributed by atoms with Crippen LogP contribution in [-0.2, 0) is 4.79 Å². The molecule has 0 spiro atoms. The summed E-state index contributed by atoms with van der Waals surface area (Å²) in [6.07, 6.45) is 0.483. The van der Waals surface area contributed by atoms with Crippen LogP contribution in [0.2, 0.25) is 0 Å². The fourth-order valence-electron chi connectivity index (χ4n) is 3.37. The van der Waals surface area contributed by atoms with Crippen molar-refractivity contribution in [1.29, 1.82) is 0 Å². The van der Waals surface area contributed by atoms with E-state index in [1.807, 2.05) is 38.1 Å². The van der Waals surface area contributed by atoms with E-state index in [2.05, 4.69) is 36.2 Å². The van der Waals surface area contributed by atoms with Crippen molar-refractivity contribution in [2.75, 3.05) is 19.6 Å². The minimum absolute atomic E-state index is 0.0513. The molecule has 0 radical (unpaired) electrons. The van der Waals surface area contributed by atoms with E-state index in [0.29, 0.717) is 6.54 Å². The van der Waals surface area contributed by atoms with E-state index in [0.717, 1.165) is 28.4 Å². The number of ketones is 1. The molecule has 4 nitrogen and oxygen atoms in total. The van der Waals surface area contributed by atoms with Crippen molar-refractivity contribution in [2.45, 2.75) is 46.6 Å². The third-order valence-corrected chi connectivity index (χ3v) is 5.82. The van der Waals surface area contributed by atoms with E-state index in [1.165, 1.54) is 5.56 Å². The van der Waals surface area contributed by atoms with Gasteiger partial charge in [0.25, 0.3) is 0 Å². The van der Waals surface area contributed by atoms with E-state index in [1.54, 1.807) is 11.3 Å². The molecule has 1 aromatic heterocycles. The van der Waals surface area contributed by atoms with Crippen LogP contribution in [0.4, 0.5) is 0 Å². The van der Waals surface area contributed by atoms with E-state index in [9.17, 15) is 9.59 Å². The number of thiophene rings is 1.